The van der Waals surface area contributed by atoms with Crippen LogP contribution in [0.5, 0.6) is 5.75 Å². The maximum Gasteiger partial charge on any atom is 0.269 e. The smallest absolute Gasteiger partial charge is 0.269 e. The Hall–Kier alpha value is -3.08. The first-order chi connectivity index (χ1) is 12.1. The normalized spacial score (nSPS) is 15.0. The molecule has 0 N–H and O–H groups in total. The largest absolute Gasteiger partial charge is 0.497 e. The quantitative estimate of drug-likeness (QED) is 0.633. The van der Waals surface area contributed by atoms with Gasteiger partial charge in [0.05, 0.1) is 25.0 Å². The number of amides is 2. The van der Waals surface area contributed by atoms with Gasteiger partial charge in [-0.15, -0.1) is 0 Å². The molecule has 3 rings (SSSR count). The number of nitrogens with zero attached hydrogens (tertiary/aromatic N) is 1. The van der Waals surface area contributed by atoms with Gasteiger partial charge in [0.1, 0.15) is 11.5 Å². The molecule has 25 heavy (non-hydrogen) atoms. The molecule has 2 aromatic rings. The first-order valence-corrected chi connectivity index (χ1v) is 8.04. The minimum absolute atomic E-state index is 0.349. The molecule has 0 fully saturated rings. The van der Waals surface area contributed by atoms with Crippen molar-refractivity contribution in [3.05, 3.63) is 59.7 Å². The van der Waals surface area contributed by atoms with E-state index in [1.54, 1.807) is 25.3 Å². The number of anilines is 1. The minimum atomic E-state index is -0.386. The first-order valence-electron chi connectivity index (χ1n) is 8.04. The summed E-state index contributed by atoms with van der Waals surface area (Å²) in [5.74, 6) is 0.321. The Bertz CT molecular complexity index is 855. The number of hydrogen-bond donors (Lipinski definition) is 0. The molecule has 0 saturated heterocycles. The van der Waals surface area contributed by atoms with E-state index in [1.807, 2.05) is 37.3 Å². The first kappa shape index (κ1) is 16.8. The predicted molar refractivity (Wildman–Crippen MR) is 96.0 cm³/mol. The zero-order valence-corrected chi connectivity index (χ0v) is 14.4. The van der Waals surface area contributed by atoms with Gasteiger partial charge in [-0.2, -0.15) is 0 Å². The summed E-state index contributed by atoms with van der Waals surface area (Å²) in [5, 5.41) is 0. The van der Waals surface area contributed by atoms with Gasteiger partial charge in [0.15, 0.2) is 0 Å². The molecule has 5 heteroatoms. The number of hydrogen-bond acceptors (Lipinski definition) is 4. The van der Waals surface area contributed by atoms with Crippen LogP contribution in [0.25, 0.3) is 11.3 Å². The molecule has 5 nitrogen and oxygen atoms in total. The summed E-state index contributed by atoms with van der Waals surface area (Å²) in [6.07, 6.45) is 0. The van der Waals surface area contributed by atoms with E-state index in [2.05, 4.69) is 0 Å². The molecule has 0 atom stereocenters. The number of fused-ring (bicyclic) bond motifs is 1. The zero-order valence-electron chi connectivity index (χ0n) is 14.4. The van der Waals surface area contributed by atoms with Crippen LogP contribution in [0.3, 0.4) is 0 Å². The summed E-state index contributed by atoms with van der Waals surface area (Å²) in [5.41, 5.74) is 2.36. The molecule has 1 aliphatic heterocycles. The molecule has 128 valence electrons. The third kappa shape index (κ3) is 2.89. The fourth-order valence-corrected chi connectivity index (χ4v) is 2.94. The van der Waals surface area contributed by atoms with E-state index in [0.29, 0.717) is 34.9 Å². The van der Waals surface area contributed by atoms with Crippen molar-refractivity contribution >= 4 is 28.8 Å². The number of benzene rings is 2. The third-order valence-electron chi connectivity index (χ3n) is 4.00. The fraction of sp³-hybridized carbons (Fsp3) is 0.200. The van der Waals surface area contributed by atoms with Crippen LogP contribution in [0, 0.1) is 0 Å². The number of carbonyl (C=O) groups excluding carboxylic acids is 2. The van der Waals surface area contributed by atoms with Crippen molar-refractivity contribution in [2.75, 3.05) is 18.6 Å². The highest BCUT2D eigenvalue weighted by atomic mass is 16.5. The van der Waals surface area contributed by atoms with E-state index in [4.69, 9.17) is 9.47 Å². The monoisotopic (exact) mass is 337 g/mol. The SMILES string of the molecule is CCOC(=C1C(=O)N(C(C)=O)c2cc(OC)ccc21)c1ccccc1. The molecule has 1 heterocycles. The number of rotatable bonds is 4. The van der Waals surface area contributed by atoms with E-state index >= 15 is 0 Å². The molecular formula is C20H19NO4. The Labute approximate surface area is 146 Å². The Kier molecular flexibility index (Phi) is 4.57. The molecule has 0 aromatic heterocycles. The number of ether oxygens (including phenoxy) is 2. The van der Waals surface area contributed by atoms with Crippen LogP contribution in [0.1, 0.15) is 25.0 Å². The fourth-order valence-electron chi connectivity index (χ4n) is 2.94. The highest BCUT2D eigenvalue weighted by Gasteiger charge is 2.38. The van der Waals surface area contributed by atoms with Crippen LogP contribution in [0.4, 0.5) is 5.69 Å². The minimum Gasteiger partial charge on any atom is -0.497 e. The summed E-state index contributed by atoms with van der Waals surface area (Å²) in [4.78, 5) is 26.3. The van der Waals surface area contributed by atoms with Crippen molar-refractivity contribution in [2.45, 2.75) is 13.8 Å². The molecule has 0 spiro atoms. The second-order valence-corrected chi connectivity index (χ2v) is 5.55. The number of methoxy groups -OCH3 is 1. The van der Waals surface area contributed by atoms with Crippen LogP contribution in [-0.2, 0) is 14.3 Å². The van der Waals surface area contributed by atoms with Crippen LogP contribution >= 0.6 is 0 Å². The number of imide groups is 1. The van der Waals surface area contributed by atoms with Gasteiger partial charge in [0.2, 0.25) is 5.91 Å². The van der Waals surface area contributed by atoms with Gasteiger partial charge in [-0.3, -0.25) is 9.59 Å². The van der Waals surface area contributed by atoms with Gasteiger partial charge in [-0.25, -0.2) is 4.90 Å². The average molecular weight is 337 g/mol. The molecule has 1 aliphatic rings. The van der Waals surface area contributed by atoms with Crippen molar-refractivity contribution < 1.29 is 19.1 Å². The number of carbonyl (C=O) groups is 2. The van der Waals surface area contributed by atoms with Gasteiger partial charge in [-0.1, -0.05) is 30.3 Å². The average Bonchev–Trinajstić information content (AvgIpc) is 2.91. The molecule has 2 aromatic carbocycles. The van der Waals surface area contributed by atoms with E-state index in [1.165, 1.54) is 6.92 Å². The molecule has 0 aliphatic carbocycles. The second kappa shape index (κ2) is 6.81. The standard InChI is InChI=1S/C20H19NO4/c1-4-25-19(14-8-6-5-7-9-14)18-16-11-10-15(24-3)12-17(16)21(13(2)22)20(18)23/h5-12H,4H2,1-3H3. The highest BCUT2D eigenvalue weighted by Crippen LogP contribution is 2.42. The summed E-state index contributed by atoms with van der Waals surface area (Å²) in [6.45, 7) is 3.64. The van der Waals surface area contributed by atoms with Crippen molar-refractivity contribution in [3.8, 4) is 5.75 Å². The van der Waals surface area contributed by atoms with E-state index in [0.717, 1.165) is 10.5 Å². The van der Waals surface area contributed by atoms with Crippen LogP contribution in [0.2, 0.25) is 0 Å². The van der Waals surface area contributed by atoms with Crippen molar-refractivity contribution in [1.82, 2.24) is 0 Å². The highest BCUT2D eigenvalue weighted by molar-refractivity contribution is 6.42. The van der Waals surface area contributed by atoms with Crippen molar-refractivity contribution in [3.63, 3.8) is 0 Å². The van der Waals surface area contributed by atoms with E-state index < -0.39 is 0 Å². The summed E-state index contributed by atoms with van der Waals surface area (Å²) >= 11 is 0. The summed E-state index contributed by atoms with van der Waals surface area (Å²) in [6, 6.07) is 14.7. The van der Waals surface area contributed by atoms with Crippen LogP contribution in [-0.4, -0.2) is 25.5 Å². The van der Waals surface area contributed by atoms with Gasteiger partial charge < -0.3 is 9.47 Å². The Balaban J connectivity index is 2.28. The predicted octanol–water partition coefficient (Wildman–Crippen LogP) is 3.49. The molecule has 2 amide bonds. The topological polar surface area (TPSA) is 55.8 Å². The lowest BCUT2D eigenvalue weighted by Crippen LogP contribution is -2.31. The zero-order chi connectivity index (χ0) is 18.0. The summed E-state index contributed by atoms with van der Waals surface area (Å²) < 4.78 is 11.0. The Morgan fingerprint density at radius 2 is 1.84 bits per heavy atom. The Morgan fingerprint density at radius 1 is 1.12 bits per heavy atom. The van der Waals surface area contributed by atoms with E-state index in [9.17, 15) is 9.59 Å². The van der Waals surface area contributed by atoms with Gasteiger partial charge in [0.25, 0.3) is 5.91 Å². The van der Waals surface area contributed by atoms with E-state index in [-0.39, 0.29) is 11.8 Å². The molecule has 0 radical (unpaired) electrons. The van der Waals surface area contributed by atoms with Gasteiger partial charge in [-0.05, 0) is 19.1 Å². The van der Waals surface area contributed by atoms with Crippen molar-refractivity contribution in [2.24, 2.45) is 0 Å². The van der Waals surface area contributed by atoms with Gasteiger partial charge >= 0.3 is 0 Å². The van der Waals surface area contributed by atoms with Gasteiger partial charge in [0, 0.05) is 24.1 Å². The molecule has 0 unspecified atom stereocenters. The second-order valence-electron chi connectivity index (χ2n) is 5.55. The molecular weight excluding hydrogens is 318 g/mol. The molecule has 0 bridgehead atoms. The maximum atomic E-state index is 13.0. The lowest BCUT2D eigenvalue weighted by molar-refractivity contribution is -0.122. The lowest BCUT2D eigenvalue weighted by atomic mass is 10.0. The lowest BCUT2D eigenvalue weighted by Gasteiger charge is -2.13. The third-order valence-corrected chi connectivity index (χ3v) is 4.00. The van der Waals surface area contributed by atoms with Crippen molar-refractivity contribution in [1.29, 1.82) is 0 Å². The Morgan fingerprint density at radius 3 is 2.44 bits per heavy atom. The maximum absolute atomic E-state index is 13.0. The summed E-state index contributed by atoms with van der Waals surface area (Å²) in [7, 11) is 1.54. The van der Waals surface area contributed by atoms with Crippen LogP contribution in [0.15, 0.2) is 48.5 Å². The van der Waals surface area contributed by atoms with Crippen LogP contribution < -0.4 is 9.64 Å². The molecule has 0 saturated carbocycles.